The molecule has 0 fully saturated rings. The van der Waals surface area contributed by atoms with Crippen LogP contribution in [-0.4, -0.2) is 53.8 Å². The molecule has 2 atom stereocenters. The minimum Gasteiger partial charge on any atom is -0.504 e. The van der Waals surface area contributed by atoms with Crippen LogP contribution in [0.25, 0.3) is 6.08 Å². The highest BCUT2D eigenvalue weighted by Crippen LogP contribution is 2.44. The third-order valence-corrected chi connectivity index (χ3v) is 6.02. The Morgan fingerprint density at radius 2 is 1.47 bits per heavy atom. The van der Waals surface area contributed by atoms with Crippen LogP contribution < -0.4 is 0 Å². The number of carboxylic acids is 1. The molecule has 0 aromatic heterocycles. The summed E-state index contributed by atoms with van der Waals surface area (Å²) >= 11 is 0. The van der Waals surface area contributed by atoms with Crippen LogP contribution in [0.15, 0.2) is 54.1 Å². The fourth-order valence-electron chi connectivity index (χ4n) is 4.11. The summed E-state index contributed by atoms with van der Waals surface area (Å²) in [4.78, 5) is 25.1. The van der Waals surface area contributed by atoms with E-state index in [-0.39, 0.29) is 41.4 Å². The predicted molar refractivity (Wildman–Crippen MR) is 125 cm³/mol. The van der Waals surface area contributed by atoms with E-state index in [1.165, 1.54) is 48.5 Å². The van der Waals surface area contributed by atoms with Gasteiger partial charge in [0.1, 0.15) is 0 Å². The van der Waals surface area contributed by atoms with Crippen molar-refractivity contribution in [2.24, 2.45) is 0 Å². The molecule has 4 rings (SSSR count). The average Bonchev–Trinajstić information content (AvgIpc) is 2.84. The van der Waals surface area contributed by atoms with Gasteiger partial charge in [0.2, 0.25) is 6.10 Å². The molecular weight excluding hydrogens is 472 g/mol. The molecule has 10 heteroatoms. The number of aromatic hydroxyl groups is 6. The zero-order valence-corrected chi connectivity index (χ0v) is 18.6. The second-order valence-electron chi connectivity index (χ2n) is 8.36. The molecule has 0 saturated heterocycles. The normalized spacial score (nSPS) is 15.4. The summed E-state index contributed by atoms with van der Waals surface area (Å²) in [7, 11) is 0. The number of phenols is 6. The van der Waals surface area contributed by atoms with Crippen LogP contribution in [0.5, 0.6) is 34.5 Å². The SMILES string of the molecule is O=C(O[C@H](Cc1ccc(O)c(O)c1)C(=O)O)C1=Cc2ccc(O)c(O)c2C[C@@H]1c1ccc(O)c(O)c1. The van der Waals surface area contributed by atoms with Gasteiger partial charge in [0, 0.05) is 23.5 Å². The first kappa shape index (κ1) is 24.3. The lowest BCUT2D eigenvalue weighted by Crippen LogP contribution is -2.31. The minimum atomic E-state index is -1.63. The molecule has 186 valence electrons. The molecule has 0 heterocycles. The Balaban J connectivity index is 1.70. The lowest BCUT2D eigenvalue weighted by atomic mass is 9.79. The second-order valence-corrected chi connectivity index (χ2v) is 8.36. The Morgan fingerprint density at radius 1 is 0.833 bits per heavy atom. The van der Waals surface area contributed by atoms with Gasteiger partial charge in [-0.05, 0) is 59.5 Å². The summed E-state index contributed by atoms with van der Waals surface area (Å²) in [6.07, 6.45) is -0.520. The highest BCUT2D eigenvalue weighted by atomic mass is 16.6. The summed E-state index contributed by atoms with van der Waals surface area (Å²) in [5.41, 5.74) is 1.44. The van der Waals surface area contributed by atoms with Gasteiger partial charge in [-0.2, -0.15) is 0 Å². The van der Waals surface area contributed by atoms with Crippen LogP contribution in [0.1, 0.15) is 28.2 Å². The van der Waals surface area contributed by atoms with Crippen LogP contribution in [0.4, 0.5) is 0 Å². The van der Waals surface area contributed by atoms with E-state index in [4.69, 9.17) is 4.74 Å². The maximum Gasteiger partial charge on any atom is 0.345 e. The maximum atomic E-state index is 13.3. The number of carbonyl (C=O) groups is 2. The van der Waals surface area contributed by atoms with Crippen molar-refractivity contribution < 1.29 is 50.1 Å². The molecule has 1 aliphatic rings. The topological polar surface area (TPSA) is 185 Å². The first-order valence-corrected chi connectivity index (χ1v) is 10.8. The van der Waals surface area contributed by atoms with Crippen molar-refractivity contribution in [3.8, 4) is 34.5 Å². The van der Waals surface area contributed by atoms with Gasteiger partial charge >= 0.3 is 11.9 Å². The zero-order valence-electron chi connectivity index (χ0n) is 18.6. The number of hydrogen-bond acceptors (Lipinski definition) is 9. The number of benzene rings is 3. The van der Waals surface area contributed by atoms with Gasteiger partial charge < -0.3 is 40.5 Å². The lowest BCUT2D eigenvalue weighted by Gasteiger charge is -2.27. The minimum absolute atomic E-state index is 0.00425. The number of carbonyl (C=O) groups excluding carboxylic acids is 1. The molecule has 0 amide bonds. The first-order valence-electron chi connectivity index (χ1n) is 10.8. The lowest BCUT2D eigenvalue weighted by molar-refractivity contribution is -0.161. The first-order chi connectivity index (χ1) is 17.0. The number of fused-ring (bicyclic) bond motifs is 1. The molecule has 0 aliphatic heterocycles. The zero-order chi connectivity index (χ0) is 26.1. The van der Waals surface area contributed by atoms with Gasteiger partial charge in [0.25, 0.3) is 0 Å². The molecule has 36 heavy (non-hydrogen) atoms. The van der Waals surface area contributed by atoms with E-state index in [1.54, 1.807) is 0 Å². The van der Waals surface area contributed by atoms with Crippen molar-refractivity contribution in [1.82, 2.24) is 0 Å². The second kappa shape index (κ2) is 9.41. The summed E-state index contributed by atoms with van der Waals surface area (Å²) in [6.45, 7) is 0. The highest BCUT2D eigenvalue weighted by molar-refractivity contribution is 5.98. The molecule has 10 nitrogen and oxygen atoms in total. The number of phenolic OH excluding ortho intramolecular Hbond substituents is 6. The van der Waals surface area contributed by atoms with Gasteiger partial charge in [-0.15, -0.1) is 0 Å². The number of ether oxygens (including phenoxy) is 1. The Hall–Kier alpha value is -4.86. The summed E-state index contributed by atoms with van der Waals surface area (Å²) in [5.74, 6) is -5.63. The van der Waals surface area contributed by atoms with E-state index in [0.29, 0.717) is 22.3 Å². The van der Waals surface area contributed by atoms with E-state index >= 15 is 0 Å². The molecule has 1 aliphatic carbocycles. The Bertz CT molecular complexity index is 1390. The fraction of sp³-hybridized carbons (Fsp3) is 0.154. The molecule has 7 N–H and O–H groups in total. The molecule has 3 aromatic rings. The monoisotopic (exact) mass is 494 g/mol. The van der Waals surface area contributed by atoms with E-state index in [1.807, 2.05) is 0 Å². The van der Waals surface area contributed by atoms with Gasteiger partial charge in [0.05, 0.1) is 0 Å². The Morgan fingerprint density at radius 3 is 2.11 bits per heavy atom. The fourth-order valence-corrected chi connectivity index (χ4v) is 4.11. The van der Waals surface area contributed by atoms with E-state index in [9.17, 15) is 45.3 Å². The predicted octanol–water partition coefficient (Wildman–Crippen LogP) is 2.88. The van der Waals surface area contributed by atoms with Crippen LogP contribution >= 0.6 is 0 Å². The average molecular weight is 494 g/mol. The summed E-state index contributed by atoms with van der Waals surface area (Å²) in [5, 5.41) is 68.7. The van der Waals surface area contributed by atoms with Crippen molar-refractivity contribution in [2.75, 3.05) is 0 Å². The van der Waals surface area contributed by atoms with E-state index in [0.717, 1.165) is 6.07 Å². The van der Waals surface area contributed by atoms with Crippen molar-refractivity contribution in [1.29, 1.82) is 0 Å². The van der Waals surface area contributed by atoms with Crippen molar-refractivity contribution in [3.63, 3.8) is 0 Å². The molecule has 0 radical (unpaired) electrons. The number of hydrogen-bond donors (Lipinski definition) is 7. The van der Waals surface area contributed by atoms with Crippen LogP contribution in [0, 0.1) is 0 Å². The highest BCUT2D eigenvalue weighted by Gasteiger charge is 2.34. The van der Waals surface area contributed by atoms with Crippen molar-refractivity contribution in [2.45, 2.75) is 24.9 Å². The van der Waals surface area contributed by atoms with Crippen LogP contribution in [0.3, 0.4) is 0 Å². The molecular formula is C26H22O10. The van der Waals surface area contributed by atoms with E-state index < -0.39 is 35.5 Å². The van der Waals surface area contributed by atoms with Crippen molar-refractivity contribution >= 4 is 18.0 Å². The van der Waals surface area contributed by atoms with Gasteiger partial charge in [-0.1, -0.05) is 18.2 Å². The van der Waals surface area contributed by atoms with Gasteiger partial charge in [0.15, 0.2) is 34.5 Å². The van der Waals surface area contributed by atoms with Crippen molar-refractivity contribution in [3.05, 3.63) is 76.4 Å². The molecule has 0 bridgehead atoms. The maximum absolute atomic E-state index is 13.3. The number of rotatable bonds is 6. The quantitative estimate of drug-likeness (QED) is 0.198. The standard InChI is InChI=1S/C26H22O10/c27-18-4-1-12(7-21(18)30)8-23(25(33)34)36-26(35)17-9-13-3-6-20(29)24(32)16(13)11-15(17)14-2-5-19(28)22(31)10-14/h1-7,9-10,15,23,27-32H,8,11H2,(H,33,34)/t15-,23-/m1/s1. The molecule has 0 saturated carbocycles. The Kier molecular flexibility index (Phi) is 6.35. The van der Waals surface area contributed by atoms with Gasteiger partial charge in [-0.3, -0.25) is 0 Å². The Labute approximate surface area is 204 Å². The van der Waals surface area contributed by atoms with E-state index in [2.05, 4.69) is 0 Å². The summed E-state index contributed by atoms with van der Waals surface area (Å²) in [6, 6.07) is 10.4. The molecule has 0 spiro atoms. The molecule has 3 aromatic carbocycles. The van der Waals surface area contributed by atoms with Crippen LogP contribution in [0.2, 0.25) is 0 Å². The number of aliphatic carboxylic acids is 1. The third kappa shape index (κ3) is 4.69. The smallest absolute Gasteiger partial charge is 0.345 e. The molecule has 0 unspecified atom stereocenters. The van der Waals surface area contributed by atoms with Gasteiger partial charge in [-0.25, -0.2) is 9.59 Å². The third-order valence-electron chi connectivity index (χ3n) is 6.02. The number of carboxylic acid groups (broad SMARTS) is 1. The summed E-state index contributed by atoms with van der Waals surface area (Å²) < 4.78 is 5.33. The largest absolute Gasteiger partial charge is 0.504 e. The van der Waals surface area contributed by atoms with Crippen LogP contribution in [-0.2, 0) is 27.2 Å². The number of esters is 1.